The van der Waals surface area contributed by atoms with Crippen LogP contribution in [0.25, 0.3) is 0 Å². The van der Waals surface area contributed by atoms with Gasteiger partial charge < -0.3 is 10.6 Å². The zero-order valence-electron chi connectivity index (χ0n) is 11.4. The van der Waals surface area contributed by atoms with Crippen molar-refractivity contribution >= 4 is 11.5 Å². The molecule has 2 rings (SSSR count). The van der Waals surface area contributed by atoms with Crippen LogP contribution < -0.4 is 10.6 Å². The first-order valence-corrected chi connectivity index (χ1v) is 6.58. The molecule has 0 amide bonds. The molecule has 1 fully saturated rings. The summed E-state index contributed by atoms with van der Waals surface area (Å²) in [5, 5.41) is 11.0. The van der Waals surface area contributed by atoms with Gasteiger partial charge in [0.1, 0.15) is 5.82 Å². The van der Waals surface area contributed by atoms with E-state index < -0.39 is 0 Å². The first kappa shape index (κ1) is 13.7. The Balaban J connectivity index is 2.17. The third-order valence-electron chi connectivity index (χ3n) is 3.91. The fraction of sp³-hybridized carbons (Fsp3) is 0.615. The molecule has 0 bridgehead atoms. The second-order valence-corrected chi connectivity index (χ2v) is 5.27. The van der Waals surface area contributed by atoms with Gasteiger partial charge in [-0.05, 0) is 32.6 Å². The van der Waals surface area contributed by atoms with Crippen molar-refractivity contribution in [3.63, 3.8) is 0 Å². The van der Waals surface area contributed by atoms with Crippen LogP contribution in [-0.4, -0.2) is 29.0 Å². The predicted octanol–water partition coefficient (Wildman–Crippen LogP) is 2.00. The number of hydrogen-bond donors (Lipinski definition) is 1. The molecule has 0 aliphatic heterocycles. The number of anilines is 1. The van der Waals surface area contributed by atoms with E-state index in [0.29, 0.717) is 23.5 Å². The van der Waals surface area contributed by atoms with E-state index in [1.165, 1.54) is 0 Å². The highest BCUT2D eigenvalue weighted by Crippen LogP contribution is 2.27. The van der Waals surface area contributed by atoms with E-state index in [1.54, 1.807) is 19.2 Å². The lowest BCUT2D eigenvalue weighted by Gasteiger charge is -2.34. The van der Waals surface area contributed by atoms with E-state index in [9.17, 15) is 10.1 Å². The minimum atomic E-state index is -0.356. The average molecular weight is 264 g/mol. The third kappa shape index (κ3) is 3.01. The van der Waals surface area contributed by atoms with Crippen LogP contribution in [0.15, 0.2) is 12.3 Å². The molecule has 0 atom stereocenters. The summed E-state index contributed by atoms with van der Waals surface area (Å²) >= 11 is 0. The van der Waals surface area contributed by atoms with Crippen LogP contribution >= 0.6 is 0 Å². The van der Waals surface area contributed by atoms with Crippen LogP contribution in [0.5, 0.6) is 0 Å². The predicted molar refractivity (Wildman–Crippen MR) is 74.3 cm³/mol. The smallest absolute Gasteiger partial charge is 0.277 e. The van der Waals surface area contributed by atoms with Gasteiger partial charge in [-0.1, -0.05) is 0 Å². The van der Waals surface area contributed by atoms with Crippen LogP contribution in [-0.2, 0) is 0 Å². The molecule has 6 nitrogen and oxygen atoms in total. The maximum absolute atomic E-state index is 11.0. The molecule has 1 saturated carbocycles. The topological polar surface area (TPSA) is 85.3 Å². The number of nitrogens with two attached hydrogens (primary N) is 1. The Hall–Kier alpha value is -1.69. The molecule has 6 heteroatoms. The van der Waals surface area contributed by atoms with Crippen molar-refractivity contribution in [3.8, 4) is 0 Å². The van der Waals surface area contributed by atoms with Gasteiger partial charge >= 0.3 is 0 Å². The van der Waals surface area contributed by atoms with Gasteiger partial charge in [-0.15, -0.1) is 0 Å². The lowest BCUT2D eigenvalue weighted by molar-refractivity contribution is -0.385. The zero-order chi connectivity index (χ0) is 14.0. The number of hydrogen-bond acceptors (Lipinski definition) is 5. The maximum atomic E-state index is 11.0. The standard InChI is InChI=1S/C13H20N4O2/c1-9-8-15-13(7-12(9)17(18)19)16(2)11-5-3-10(14)4-6-11/h7-8,10-11H,3-6,14H2,1-2H3. The van der Waals surface area contributed by atoms with Crippen LogP contribution in [0.3, 0.4) is 0 Å². The Morgan fingerprint density at radius 3 is 2.63 bits per heavy atom. The average Bonchev–Trinajstić information content (AvgIpc) is 2.39. The highest BCUT2D eigenvalue weighted by molar-refractivity contribution is 5.50. The molecule has 1 aromatic rings. The second-order valence-electron chi connectivity index (χ2n) is 5.27. The molecule has 0 aromatic carbocycles. The van der Waals surface area contributed by atoms with Gasteiger partial charge in [0.05, 0.1) is 11.0 Å². The largest absolute Gasteiger partial charge is 0.356 e. The Bertz CT molecular complexity index is 470. The number of nitrogens with zero attached hydrogens (tertiary/aromatic N) is 3. The summed E-state index contributed by atoms with van der Waals surface area (Å²) in [7, 11) is 1.95. The fourth-order valence-corrected chi connectivity index (χ4v) is 2.57. The van der Waals surface area contributed by atoms with E-state index in [4.69, 9.17) is 5.73 Å². The molecule has 0 radical (unpaired) electrons. The van der Waals surface area contributed by atoms with Crippen molar-refractivity contribution in [1.82, 2.24) is 4.98 Å². The maximum Gasteiger partial charge on any atom is 0.277 e. The Morgan fingerprint density at radius 2 is 2.05 bits per heavy atom. The first-order chi connectivity index (χ1) is 8.99. The summed E-state index contributed by atoms with van der Waals surface area (Å²) in [5.74, 6) is 0.665. The van der Waals surface area contributed by atoms with Gasteiger partial charge in [0, 0.05) is 30.9 Å². The molecule has 2 N–H and O–H groups in total. The summed E-state index contributed by atoms with van der Waals surface area (Å²) < 4.78 is 0. The monoisotopic (exact) mass is 264 g/mol. The normalized spacial score (nSPS) is 23.1. The minimum Gasteiger partial charge on any atom is -0.356 e. The number of pyridine rings is 1. The van der Waals surface area contributed by atoms with Gasteiger partial charge in [0.15, 0.2) is 0 Å². The third-order valence-corrected chi connectivity index (χ3v) is 3.91. The molecule has 1 aromatic heterocycles. The Labute approximate surface area is 112 Å². The van der Waals surface area contributed by atoms with E-state index in [1.807, 2.05) is 11.9 Å². The van der Waals surface area contributed by atoms with Crippen LogP contribution in [0, 0.1) is 17.0 Å². The zero-order valence-corrected chi connectivity index (χ0v) is 11.4. The van der Waals surface area contributed by atoms with Crippen molar-refractivity contribution < 1.29 is 4.92 Å². The Kier molecular flexibility index (Phi) is 3.99. The molecule has 0 unspecified atom stereocenters. The molecule has 1 heterocycles. The molecule has 1 aliphatic carbocycles. The molecular weight excluding hydrogens is 244 g/mol. The van der Waals surface area contributed by atoms with Crippen molar-refractivity contribution in [3.05, 3.63) is 27.9 Å². The van der Waals surface area contributed by atoms with Gasteiger partial charge in [0.25, 0.3) is 5.69 Å². The fourth-order valence-electron chi connectivity index (χ4n) is 2.57. The van der Waals surface area contributed by atoms with E-state index in [-0.39, 0.29) is 10.6 Å². The van der Waals surface area contributed by atoms with Crippen LogP contribution in [0.4, 0.5) is 11.5 Å². The van der Waals surface area contributed by atoms with E-state index >= 15 is 0 Å². The number of aromatic nitrogens is 1. The second kappa shape index (κ2) is 5.52. The molecule has 0 saturated heterocycles. The quantitative estimate of drug-likeness (QED) is 0.666. The summed E-state index contributed by atoms with van der Waals surface area (Å²) in [6.45, 7) is 1.70. The summed E-state index contributed by atoms with van der Waals surface area (Å²) in [6, 6.07) is 2.23. The lowest BCUT2D eigenvalue weighted by Crippen LogP contribution is -2.39. The van der Waals surface area contributed by atoms with Crippen LogP contribution in [0.1, 0.15) is 31.2 Å². The molecule has 19 heavy (non-hydrogen) atoms. The van der Waals surface area contributed by atoms with E-state index in [0.717, 1.165) is 25.7 Å². The SMILES string of the molecule is Cc1cnc(N(C)C2CCC(N)CC2)cc1[N+](=O)[O-]. The number of nitro groups is 1. The number of aryl methyl sites for hydroxylation is 1. The first-order valence-electron chi connectivity index (χ1n) is 6.58. The van der Waals surface area contributed by atoms with Crippen molar-refractivity contribution in [2.75, 3.05) is 11.9 Å². The van der Waals surface area contributed by atoms with E-state index in [2.05, 4.69) is 4.98 Å². The van der Waals surface area contributed by atoms with Crippen molar-refractivity contribution in [1.29, 1.82) is 0 Å². The molecule has 104 valence electrons. The van der Waals surface area contributed by atoms with Gasteiger partial charge in [-0.3, -0.25) is 10.1 Å². The summed E-state index contributed by atoms with van der Waals surface area (Å²) in [5.41, 5.74) is 6.62. The van der Waals surface area contributed by atoms with Gasteiger partial charge in [-0.2, -0.15) is 0 Å². The van der Waals surface area contributed by atoms with Gasteiger partial charge in [0.2, 0.25) is 0 Å². The molecule has 0 spiro atoms. The summed E-state index contributed by atoms with van der Waals surface area (Å²) in [4.78, 5) is 16.9. The van der Waals surface area contributed by atoms with Crippen LogP contribution in [0.2, 0.25) is 0 Å². The summed E-state index contributed by atoms with van der Waals surface area (Å²) in [6.07, 6.45) is 5.60. The van der Waals surface area contributed by atoms with Crippen molar-refractivity contribution in [2.24, 2.45) is 5.73 Å². The van der Waals surface area contributed by atoms with Gasteiger partial charge in [-0.25, -0.2) is 4.98 Å². The highest BCUT2D eigenvalue weighted by Gasteiger charge is 2.24. The molecular formula is C13H20N4O2. The lowest BCUT2D eigenvalue weighted by atomic mass is 9.91. The minimum absolute atomic E-state index is 0.129. The highest BCUT2D eigenvalue weighted by atomic mass is 16.6. The molecule has 1 aliphatic rings. The van der Waals surface area contributed by atoms with Crippen molar-refractivity contribution in [2.45, 2.75) is 44.7 Å². The Morgan fingerprint density at radius 1 is 1.42 bits per heavy atom. The number of rotatable bonds is 3.